The van der Waals surface area contributed by atoms with Crippen LogP contribution in [0.4, 0.5) is 0 Å². The van der Waals surface area contributed by atoms with Gasteiger partial charge in [-0.3, -0.25) is 14.5 Å². The van der Waals surface area contributed by atoms with Gasteiger partial charge < -0.3 is 19.5 Å². The fraction of sp³-hybridized carbons (Fsp3) is 0.333. The Morgan fingerprint density at radius 3 is 2.13 bits per heavy atom. The molecule has 0 saturated carbocycles. The fourth-order valence-corrected chi connectivity index (χ4v) is 4.64. The molecule has 160 valence electrons. The van der Waals surface area contributed by atoms with Crippen LogP contribution in [0.3, 0.4) is 0 Å². The Bertz CT molecular complexity index is 1190. The summed E-state index contributed by atoms with van der Waals surface area (Å²) in [5.74, 6) is -1.38. The first-order chi connectivity index (χ1) is 15.1. The van der Waals surface area contributed by atoms with Gasteiger partial charge in [0, 0.05) is 42.3 Å². The largest absolute Gasteiger partial charge is 0.506 e. The predicted octanol–water partition coefficient (Wildman–Crippen LogP) is 2.94. The standard InChI is InChI=1S/C24H24N2O5/c27-21-15-5-1-2-6-16(15)22(28)19-18(21)23(29)17-7-10-26(20(17)24(19)30)9-4-3-8-25-11-13-31-14-12-25/h1-2,5-7,10,29-30H,3-4,8-9,11-14H2. The number of morpholine rings is 1. The first-order valence-electron chi connectivity index (χ1n) is 10.6. The number of carbonyl (C=O) groups is 2. The number of ether oxygens (including phenoxy) is 1. The molecular formula is C24H24N2O5. The van der Waals surface area contributed by atoms with Crippen molar-refractivity contribution in [3.8, 4) is 11.5 Å². The minimum atomic E-state index is -0.446. The molecule has 1 aromatic heterocycles. The molecule has 5 rings (SSSR count). The molecule has 1 fully saturated rings. The Kier molecular flexibility index (Phi) is 5.00. The molecule has 7 heteroatoms. The van der Waals surface area contributed by atoms with Gasteiger partial charge in [-0.2, -0.15) is 0 Å². The number of fused-ring (bicyclic) bond motifs is 3. The number of aromatic hydroxyl groups is 2. The van der Waals surface area contributed by atoms with Gasteiger partial charge in [0.1, 0.15) is 5.75 Å². The van der Waals surface area contributed by atoms with Crippen molar-refractivity contribution in [1.29, 1.82) is 0 Å². The quantitative estimate of drug-likeness (QED) is 0.381. The van der Waals surface area contributed by atoms with Crippen LogP contribution in [-0.4, -0.2) is 64.1 Å². The lowest BCUT2D eigenvalue weighted by atomic mass is 9.82. The molecule has 2 aliphatic rings. The van der Waals surface area contributed by atoms with Crippen molar-refractivity contribution in [2.24, 2.45) is 0 Å². The lowest BCUT2D eigenvalue weighted by Crippen LogP contribution is -2.36. The second-order valence-electron chi connectivity index (χ2n) is 8.08. The molecule has 0 unspecified atom stereocenters. The average molecular weight is 420 g/mol. The number of ketones is 2. The number of aryl methyl sites for hydroxylation is 1. The van der Waals surface area contributed by atoms with Crippen molar-refractivity contribution in [3.63, 3.8) is 0 Å². The second kappa shape index (κ2) is 7.83. The van der Waals surface area contributed by atoms with Gasteiger partial charge in [-0.15, -0.1) is 0 Å². The van der Waals surface area contributed by atoms with Gasteiger partial charge in [-0.05, 0) is 25.5 Å². The highest BCUT2D eigenvalue weighted by atomic mass is 16.5. The zero-order valence-electron chi connectivity index (χ0n) is 17.1. The minimum absolute atomic E-state index is 0.109. The maximum Gasteiger partial charge on any atom is 0.198 e. The van der Waals surface area contributed by atoms with E-state index >= 15 is 0 Å². The third-order valence-electron chi connectivity index (χ3n) is 6.26. The maximum absolute atomic E-state index is 13.1. The minimum Gasteiger partial charge on any atom is -0.506 e. The summed E-state index contributed by atoms with van der Waals surface area (Å²) in [7, 11) is 0. The van der Waals surface area contributed by atoms with Crippen LogP contribution in [0.5, 0.6) is 11.5 Å². The Morgan fingerprint density at radius 1 is 0.839 bits per heavy atom. The van der Waals surface area contributed by atoms with E-state index < -0.39 is 11.6 Å². The highest BCUT2D eigenvalue weighted by molar-refractivity contribution is 6.32. The zero-order valence-corrected chi connectivity index (χ0v) is 17.1. The van der Waals surface area contributed by atoms with E-state index in [0.717, 1.165) is 45.7 Å². The average Bonchev–Trinajstić information content (AvgIpc) is 3.23. The molecule has 31 heavy (non-hydrogen) atoms. The van der Waals surface area contributed by atoms with Crippen molar-refractivity contribution < 1.29 is 24.5 Å². The van der Waals surface area contributed by atoms with Crippen molar-refractivity contribution in [3.05, 3.63) is 58.8 Å². The van der Waals surface area contributed by atoms with Gasteiger partial charge in [0.15, 0.2) is 17.3 Å². The summed E-state index contributed by atoms with van der Waals surface area (Å²) in [6, 6.07) is 8.19. The predicted molar refractivity (Wildman–Crippen MR) is 115 cm³/mol. The molecule has 1 aliphatic heterocycles. The summed E-state index contributed by atoms with van der Waals surface area (Å²) >= 11 is 0. The highest BCUT2D eigenvalue weighted by Crippen LogP contribution is 2.44. The van der Waals surface area contributed by atoms with E-state index in [1.165, 1.54) is 0 Å². The highest BCUT2D eigenvalue weighted by Gasteiger charge is 2.36. The van der Waals surface area contributed by atoms with E-state index in [-0.39, 0.29) is 33.8 Å². The molecule has 3 aromatic rings. The summed E-state index contributed by atoms with van der Waals surface area (Å²) in [4.78, 5) is 28.5. The number of nitrogens with zero attached hydrogens (tertiary/aromatic N) is 2. The lowest BCUT2D eigenvalue weighted by molar-refractivity contribution is 0.0371. The van der Waals surface area contributed by atoms with Crippen molar-refractivity contribution in [1.82, 2.24) is 9.47 Å². The number of unbranched alkanes of at least 4 members (excludes halogenated alkanes) is 1. The SMILES string of the molecule is O=C1c2ccccc2C(=O)c2c1c(O)c1ccn(CCCCN3CCOCC3)c1c2O. The number of rotatable bonds is 5. The normalized spacial score (nSPS) is 16.5. The van der Waals surface area contributed by atoms with Gasteiger partial charge in [-0.25, -0.2) is 0 Å². The number of hydrogen-bond acceptors (Lipinski definition) is 6. The smallest absolute Gasteiger partial charge is 0.198 e. The lowest BCUT2D eigenvalue weighted by Gasteiger charge is -2.26. The van der Waals surface area contributed by atoms with Gasteiger partial charge in [0.05, 0.1) is 29.9 Å². The number of phenols is 2. The van der Waals surface area contributed by atoms with Crippen LogP contribution in [0.2, 0.25) is 0 Å². The first kappa shape index (κ1) is 19.8. The van der Waals surface area contributed by atoms with Crippen molar-refractivity contribution in [2.75, 3.05) is 32.8 Å². The monoisotopic (exact) mass is 420 g/mol. The number of benzene rings is 2. The molecular weight excluding hydrogens is 396 g/mol. The third-order valence-corrected chi connectivity index (χ3v) is 6.26. The van der Waals surface area contributed by atoms with E-state index in [4.69, 9.17) is 4.74 Å². The van der Waals surface area contributed by atoms with Crippen LogP contribution in [0.15, 0.2) is 36.5 Å². The van der Waals surface area contributed by atoms with Crippen LogP contribution >= 0.6 is 0 Å². The van der Waals surface area contributed by atoms with Gasteiger partial charge in [0.2, 0.25) is 0 Å². The van der Waals surface area contributed by atoms with Gasteiger partial charge in [0.25, 0.3) is 0 Å². The molecule has 0 amide bonds. The van der Waals surface area contributed by atoms with Crippen LogP contribution < -0.4 is 0 Å². The van der Waals surface area contributed by atoms with Gasteiger partial charge >= 0.3 is 0 Å². The van der Waals surface area contributed by atoms with E-state index in [1.54, 1.807) is 36.5 Å². The summed E-state index contributed by atoms with van der Waals surface area (Å²) in [6.07, 6.45) is 3.66. The van der Waals surface area contributed by atoms with E-state index in [0.29, 0.717) is 17.4 Å². The van der Waals surface area contributed by atoms with Crippen LogP contribution in [0.25, 0.3) is 10.9 Å². The number of phenolic OH excluding ortho intramolecular Hbond substituents is 2. The molecule has 0 spiro atoms. The number of hydrogen-bond donors (Lipinski definition) is 2. The van der Waals surface area contributed by atoms with Crippen LogP contribution in [-0.2, 0) is 11.3 Å². The Labute approximate surface area is 179 Å². The molecule has 1 aliphatic carbocycles. The van der Waals surface area contributed by atoms with E-state index in [9.17, 15) is 19.8 Å². The number of carbonyl (C=O) groups excluding carboxylic acids is 2. The molecule has 1 saturated heterocycles. The van der Waals surface area contributed by atoms with E-state index in [2.05, 4.69) is 4.90 Å². The summed E-state index contributed by atoms with van der Waals surface area (Å²) < 4.78 is 7.22. The fourth-order valence-electron chi connectivity index (χ4n) is 4.64. The molecule has 7 nitrogen and oxygen atoms in total. The topological polar surface area (TPSA) is 92.0 Å². The van der Waals surface area contributed by atoms with Crippen molar-refractivity contribution in [2.45, 2.75) is 19.4 Å². The molecule has 2 N–H and O–H groups in total. The summed E-state index contributed by atoms with van der Waals surface area (Å²) in [6.45, 7) is 5.07. The van der Waals surface area contributed by atoms with Crippen molar-refractivity contribution >= 4 is 22.5 Å². The van der Waals surface area contributed by atoms with Gasteiger partial charge in [-0.1, -0.05) is 24.3 Å². The number of aromatic nitrogens is 1. The molecule has 2 aromatic carbocycles. The maximum atomic E-state index is 13.1. The molecule has 2 heterocycles. The third kappa shape index (κ3) is 3.21. The molecule has 0 bridgehead atoms. The Balaban J connectivity index is 1.46. The van der Waals surface area contributed by atoms with Crippen LogP contribution in [0, 0.1) is 0 Å². The van der Waals surface area contributed by atoms with Crippen LogP contribution in [0.1, 0.15) is 44.7 Å². The zero-order chi connectivity index (χ0) is 21.5. The Hall–Kier alpha value is -3.16. The molecule has 0 atom stereocenters. The van der Waals surface area contributed by atoms with E-state index in [1.807, 2.05) is 4.57 Å². The summed E-state index contributed by atoms with van der Waals surface area (Å²) in [5, 5.41) is 22.3. The second-order valence-corrected chi connectivity index (χ2v) is 8.08. The first-order valence-corrected chi connectivity index (χ1v) is 10.6. The molecule has 0 radical (unpaired) electrons. The summed E-state index contributed by atoms with van der Waals surface area (Å²) in [5.41, 5.74) is 0.665. The Morgan fingerprint density at radius 2 is 1.45 bits per heavy atom.